The van der Waals surface area contributed by atoms with Gasteiger partial charge in [-0.25, -0.2) is 9.36 Å². The van der Waals surface area contributed by atoms with Gasteiger partial charge in [0.15, 0.2) is 0 Å². The number of hydrogen-bond acceptors (Lipinski definition) is 7. The van der Waals surface area contributed by atoms with Crippen molar-refractivity contribution in [3.63, 3.8) is 0 Å². The van der Waals surface area contributed by atoms with E-state index in [1.54, 1.807) is 0 Å². The highest BCUT2D eigenvalue weighted by atomic mass is 35.5. The lowest BCUT2D eigenvalue weighted by molar-refractivity contribution is -0.395. The molecule has 0 radical (unpaired) electrons. The van der Waals surface area contributed by atoms with E-state index < -0.39 is 38.6 Å². The molecule has 1 N–H and O–H groups in total. The maximum absolute atomic E-state index is 12.5. The predicted octanol–water partition coefficient (Wildman–Crippen LogP) is 5.50. The van der Waals surface area contributed by atoms with Crippen LogP contribution >= 0.6 is 34.8 Å². The molecule has 0 spiro atoms. The third-order valence-electron chi connectivity index (χ3n) is 4.78. The molecule has 13 heteroatoms. The Kier molecular flexibility index (Phi) is 5.74. The highest BCUT2D eigenvalue weighted by molar-refractivity contribution is 6.43. The molecule has 0 amide bonds. The van der Waals surface area contributed by atoms with Crippen LogP contribution in [-0.4, -0.2) is 19.5 Å². The SMILES string of the molecule is Cc1c(-c2oc(=O)n(-c3cc(Cl)c(Cl)cc3Cl)c2O)c(C)c([N+](=O)[O-])c(C)c1[N+](=O)[O-]. The van der Waals surface area contributed by atoms with E-state index in [-0.39, 0.29) is 43.0 Å². The quantitative estimate of drug-likeness (QED) is 0.290. The smallest absolute Gasteiger partial charge is 0.427 e. The minimum Gasteiger partial charge on any atom is -0.491 e. The molecule has 0 saturated heterocycles. The molecule has 0 unspecified atom stereocenters. The summed E-state index contributed by atoms with van der Waals surface area (Å²) >= 11 is 18.0. The van der Waals surface area contributed by atoms with Gasteiger partial charge in [0.25, 0.3) is 11.4 Å². The lowest BCUT2D eigenvalue weighted by Crippen LogP contribution is -2.11. The van der Waals surface area contributed by atoms with E-state index in [0.29, 0.717) is 4.57 Å². The van der Waals surface area contributed by atoms with Crippen LogP contribution < -0.4 is 5.76 Å². The molecule has 3 rings (SSSR count). The lowest BCUT2D eigenvalue weighted by Gasteiger charge is -2.12. The number of hydrogen-bond donors (Lipinski definition) is 1. The highest BCUT2D eigenvalue weighted by Crippen LogP contribution is 2.45. The van der Waals surface area contributed by atoms with Gasteiger partial charge in [-0.05, 0) is 32.9 Å². The van der Waals surface area contributed by atoms with Crippen LogP contribution in [0.25, 0.3) is 17.0 Å². The van der Waals surface area contributed by atoms with Gasteiger partial charge in [-0.3, -0.25) is 20.2 Å². The molecule has 10 nitrogen and oxygen atoms in total. The third-order valence-corrected chi connectivity index (χ3v) is 5.81. The molecule has 0 atom stereocenters. The molecule has 0 bridgehead atoms. The van der Waals surface area contributed by atoms with Crippen molar-refractivity contribution in [2.24, 2.45) is 0 Å². The van der Waals surface area contributed by atoms with Gasteiger partial charge in [-0.15, -0.1) is 0 Å². The van der Waals surface area contributed by atoms with Gasteiger partial charge < -0.3 is 9.52 Å². The largest absolute Gasteiger partial charge is 0.491 e. The summed E-state index contributed by atoms with van der Waals surface area (Å²) in [6, 6.07) is 2.46. The Morgan fingerprint density at radius 2 is 1.39 bits per heavy atom. The van der Waals surface area contributed by atoms with Gasteiger partial charge in [0, 0.05) is 16.7 Å². The molecule has 2 aromatic carbocycles. The minimum atomic E-state index is -1.10. The minimum absolute atomic E-state index is 0.0259. The number of rotatable bonds is 4. The number of aromatic hydroxyl groups is 1. The molecule has 1 aromatic heterocycles. The standard InChI is InChI=1S/C18H12Cl3N3O7/c1-6-13(7(2)15(24(29)30)8(3)14(6)23(27)28)16-17(25)22(18(26)31-16)12-5-10(20)9(19)4-11(12)21/h4-5,25H,1-3H3. The van der Waals surface area contributed by atoms with E-state index in [0.717, 1.165) is 0 Å². The van der Waals surface area contributed by atoms with Crippen molar-refractivity contribution < 1.29 is 19.4 Å². The number of oxazole rings is 1. The lowest BCUT2D eigenvalue weighted by atomic mass is 9.93. The van der Waals surface area contributed by atoms with E-state index in [4.69, 9.17) is 39.2 Å². The zero-order valence-electron chi connectivity index (χ0n) is 16.0. The van der Waals surface area contributed by atoms with E-state index in [9.17, 15) is 30.1 Å². The molecular formula is C18H12Cl3N3O7. The van der Waals surface area contributed by atoms with Gasteiger partial charge in [0.05, 0.1) is 30.6 Å². The van der Waals surface area contributed by atoms with Crippen LogP contribution in [0.1, 0.15) is 16.7 Å². The maximum Gasteiger partial charge on any atom is 0.427 e. The number of nitro groups is 2. The fourth-order valence-corrected chi connectivity index (χ4v) is 4.13. The topological polar surface area (TPSA) is 142 Å². The first-order valence-electron chi connectivity index (χ1n) is 8.41. The number of nitro benzene ring substituents is 2. The maximum atomic E-state index is 12.5. The summed E-state index contributed by atoms with van der Waals surface area (Å²) in [6.45, 7) is 3.91. The zero-order valence-corrected chi connectivity index (χ0v) is 18.3. The average molecular weight is 489 g/mol. The number of aromatic nitrogens is 1. The number of halogens is 3. The first-order valence-corrected chi connectivity index (χ1v) is 9.54. The molecule has 0 saturated carbocycles. The normalized spacial score (nSPS) is 11.0. The Labute approximate surface area is 188 Å². The Hall–Kier alpha value is -3.08. The van der Waals surface area contributed by atoms with E-state index in [1.807, 2.05) is 0 Å². The van der Waals surface area contributed by atoms with Crippen molar-refractivity contribution in [3.05, 3.63) is 74.7 Å². The van der Waals surface area contributed by atoms with Crippen molar-refractivity contribution >= 4 is 46.2 Å². The number of nitrogens with zero attached hydrogens (tertiary/aromatic N) is 3. The second kappa shape index (κ2) is 7.88. The Bertz CT molecular complexity index is 1300. The summed E-state index contributed by atoms with van der Waals surface area (Å²) in [7, 11) is 0. The molecule has 0 aliphatic carbocycles. The van der Waals surface area contributed by atoms with Gasteiger partial charge in [-0.1, -0.05) is 34.8 Å². The van der Waals surface area contributed by atoms with E-state index in [2.05, 4.69) is 0 Å². The van der Waals surface area contributed by atoms with Gasteiger partial charge in [0.2, 0.25) is 11.6 Å². The van der Waals surface area contributed by atoms with Crippen LogP contribution in [0.2, 0.25) is 15.1 Å². The monoisotopic (exact) mass is 487 g/mol. The van der Waals surface area contributed by atoms with E-state index >= 15 is 0 Å². The summed E-state index contributed by atoms with van der Waals surface area (Å²) in [6.07, 6.45) is 0. The predicted molar refractivity (Wildman–Crippen MR) is 114 cm³/mol. The molecule has 162 valence electrons. The van der Waals surface area contributed by atoms with Crippen molar-refractivity contribution in [3.8, 4) is 22.9 Å². The van der Waals surface area contributed by atoms with Crippen molar-refractivity contribution in [2.75, 3.05) is 0 Å². The fourth-order valence-electron chi connectivity index (χ4n) is 3.51. The van der Waals surface area contributed by atoms with Crippen LogP contribution in [0.3, 0.4) is 0 Å². The van der Waals surface area contributed by atoms with Crippen LogP contribution in [0, 0.1) is 41.0 Å². The summed E-state index contributed by atoms with van der Waals surface area (Å²) in [5, 5.41) is 34.0. The van der Waals surface area contributed by atoms with Gasteiger partial charge in [0.1, 0.15) is 5.56 Å². The van der Waals surface area contributed by atoms with Crippen molar-refractivity contribution in [2.45, 2.75) is 20.8 Å². The summed E-state index contributed by atoms with van der Waals surface area (Å²) < 4.78 is 5.84. The first-order chi connectivity index (χ1) is 14.4. The third kappa shape index (κ3) is 3.52. The van der Waals surface area contributed by atoms with Gasteiger partial charge >= 0.3 is 5.76 Å². The fraction of sp³-hybridized carbons (Fsp3) is 0.167. The van der Waals surface area contributed by atoms with Crippen molar-refractivity contribution in [1.29, 1.82) is 0 Å². The Balaban J connectivity index is 2.43. The second-order valence-corrected chi connectivity index (χ2v) is 7.76. The molecular weight excluding hydrogens is 477 g/mol. The molecule has 3 aromatic rings. The molecule has 0 aliphatic rings. The van der Waals surface area contributed by atoms with Crippen LogP contribution in [0.4, 0.5) is 11.4 Å². The average Bonchev–Trinajstić information content (AvgIpc) is 2.91. The summed E-state index contributed by atoms with van der Waals surface area (Å²) in [5.41, 5.74) is -1.51. The van der Waals surface area contributed by atoms with Crippen molar-refractivity contribution in [1.82, 2.24) is 4.57 Å². The van der Waals surface area contributed by atoms with Crippen LogP contribution in [0.5, 0.6) is 5.88 Å². The molecule has 0 aliphatic heterocycles. The van der Waals surface area contributed by atoms with Gasteiger partial charge in [-0.2, -0.15) is 0 Å². The van der Waals surface area contributed by atoms with Crippen LogP contribution in [0.15, 0.2) is 21.3 Å². The molecule has 31 heavy (non-hydrogen) atoms. The Morgan fingerprint density at radius 1 is 0.903 bits per heavy atom. The Morgan fingerprint density at radius 3 is 1.87 bits per heavy atom. The summed E-state index contributed by atoms with van der Waals surface area (Å²) in [5.74, 6) is -2.37. The second-order valence-electron chi connectivity index (χ2n) is 6.54. The van der Waals surface area contributed by atoms with Crippen LogP contribution in [-0.2, 0) is 0 Å². The summed E-state index contributed by atoms with van der Waals surface area (Å²) in [4.78, 5) is 34.2. The number of benzene rings is 2. The molecule has 1 heterocycles. The first kappa shape index (κ1) is 22.6. The highest BCUT2D eigenvalue weighted by Gasteiger charge is 2.34. The zero-order chi connectivity index (χ0) is 23.4. The van der Waals surface area contributed by atoms with E-state index in [1.165, 1.54) is 32.9 Å². The molecule has 0 fully saturated rings.